The third kappa shape index (κ3) is 4.16. The number of benzene rings is 1. The van der Waals surface area contributed by atoms with E-state index in [0.717, 1.165) is 5.56 Å². The van der Waals surface area contributed by atoms with Crippen LogP contribution in [0.1, 0.15) is 5.56 Å². The summed E-state index contributed by atoms with van der Waals surface area (Å²) >= 11 is 11.7. The van der Waals surface area contributed by atoms with Crippen molar-refractivity contribution in [3.05, 3.63) is 33.8 Å². The standard InChI is InChI=1S/C11H13Cl2NO3/c1-14-10(11(15)17-16-2)6-7-3-4-8(12)9(13)5-7/h3-5,10,14H,6H2,1-2H3/t10-/m0/s1. The van der Waals surface area contributed by atoms with Gasteiger partial charge in [0.05, 0.1) is 17.2 Å². The zero-order valence-electron chi connectivity index (χ0n) is 9.50. The van der Waals surface area contributed by atoms with Gasteiger partial charge in [-0.1, -0.05) is 29.3 Å². The molecule has 0 amide bonds. The maximum atomic E-state index is 11.5. The zero-order valence-corrected chi connectivity index (χ0v) is 11.0. The van der Waals surface area contributed by atoms with Gasteiger partial charge in [0, 0.05) is 0 Å². The van der Waals surface area contributed by atoms with Crippen LogP contribution in [-0.2, 0) is 21.0 Å². The molecule has 0 fully saturated rings. The number of carbonyl (C=O) groups is 1. The molecule has 94 valence electrons. The van der Waals surface area contributed by atoms with E-state index in [0.29, 0.717) is 16.5 Å². The van der Waals surface area contributed by atoms with Crippen LogP contribution in [0.25, 0.3) is 0 Å². The summed E-state index contributed by atoms with van der Waals surface area (Å²) in [6.07, 6.45) is 0.440. The second kappa shape index (κ2) is 6.81. The Morgan fingerprint density at radius 1 is 1.41 bits per heavy atom. The molecule has 1 aromatic carbocycles. The van der Waals surface area contributed by atoms with Crippen LogP contribution < -0.4 is 5.32 Å². The van der Waals surface area contributed by atoms with Gasteiger partial charge in [-0.2, -0.15) is 4.89 Å². The van der Waals surface area contributed by atoms with Crippen LogP contribution in [0.4, 0.5) is 0 Å². The van der Waals surface area contributed by atoms with Crippen LogP contribution >= 0.6 is 23.2 Å². The van der Waals surface area contributed by atoms with E-state index >= 15 is 0 Å². The fourth-order valence-electron chi connectivity index (χ4n) is 1.35. The number of likely N-dealkylation sites (N-methyl/N-ethyl adjacent to an activating group) is 1. The summed E-state index contributed by atoms with van der Waals surface area (Å²) in [5.41, 5.74) is 0.881. The minimum absolute atomic E-state index is 0.440. The summed E-state index contributed by atoms with van der Waals surface area (Å²) in [6, 6.07) is 4.72. The maximum Gasteiger partial charge on any atom is 0.359 e. The Morgan fingerprint density at radius 3 is 2.65 bits per heavy atom. The molecule has 1 N–H and O–H groups in total. The van der Waals surface area contributed by atoms with E-state index in [1.807, 2.05) is 0 Å². The Balaban J connectivity index is 2.73. The van der Waals surface area contributed by atoms with Gasteiger partial charge in [-0.15, -0.1) is 0 Å². The molecule has 0 aliphatic heterocycles. The molecule has 0 aromatic heterocycles. The van der Waals surface area contributed by atoms with E-state index in [4.69, 9.17) is 23.2 Å². The fraction of sp³-hybridized carbons (Fsp3) is 0.364. The molecule has 4 nitrogen and oxygen atoms in total. The molecule has 0 saturated carbocycles. The first-order valence-corrected chi connectivity index (χ1v) is 5.69. The Kier molecular flexibility index (Phi) is 5.71. The lowest BCUT2D eigenvalue weighted by Gasteiger charge is -2.13. The van der Waals surface area contributed by atoms with Gasteiger partial charge in [0.15, 0.2) is 0 Å². The molecule has 0 bridgehead atoms. The van der Waals surface area contributed by atoms with Gasteiger partial charge in [-0.3, -0.25) is 4.89 Å². The smallest absolute Gasteiger partial charge is 0.307 e. The first-order chi connectivity index (χ1) is 8.08. The molecule has 0 aliphatic carbocycles. The number of hydrogen-bond acceptors (Lipinski definition) is 4. The second-order valence-corrected chi connectivity index (χ2v) is 4.18. The largest absolute Gasteiger partial charge is 0.359 e. The Morgan fingerprint density at radius 2 is 2.12 bits per heavy atom. The van der Waals surface area contributed by atoms with Crippen LogP contribution in [0, 0.1) is 0 Å². The molecule has 1 rings (SSSR count). The van der Waals surface area contributed by atoms with Crippen molar-refractivity contribution >= 4 is 29.2 Å². The summed E-state index contributed by atoms with van der Waals surface area (Å²) in [6.45, 7) is 0. The van der Waals surface area contributed by atoms with Crippen LogP contribution in [0.5, 0.6) is 0 Å². The molecule has 0 saturated heterocycles. The predicted molar refractivity (Wildman–Crippen MR) is 66.1 cm³/mol. The van der Waals surface area contributed by atoms with Crippen molar-refractivity contribution in [2.75, 3.05) is 14.2 Å². The molecule has 0 unspecified atom stereocenters. The minimum atomic E-state index is -0.493. The van der Waals surface area contributed by atoms with Crippen LogP contribution in [0.2, 0.25) is 10.0 Å². The van der Waals surface area contributed by atoms with Gasteiger partial charge in [-0.05, 0) is 31.2 Å². The van der Waals surface area contributed by atoms with E-state index in [-0.39, 0.29) is 0 Å². The Bertz CT molecular complexity index is 398. The van der Waals surface area contributed by atoms with Gasteiger partial charge in [0.25, 0.3) is 0 Å². The van der Waals surface area contributed by atoms with Crippen molar-refractivity contribution in [2.24, 2.45) is 0 Å². The highest BCUT2D eigenvalue weighted by Crippen LogP contribution is 2.23. The van der Waals surface area contributed by atoms with E-state index in [9.17, 15) is 4.79 Å². The lowest BCUT2D eigenvalue weighted by molar-refractivity contribution is -0.256. The molecule has 17 heavy (non-hydrogen) atoms. The van der Waals surface area contributed by atoms with Crippen molar-refractivity contribution < 1.29 is 14.6 Å². The topological polar surface area (TPSA) is 47.6 Å². The van der Waals surface area contributed by atoms with E-state index in [2.05, 4.69) is 15.1 Å². The van der Waals surface area contributed by atoms with Crippen molar-refractivity contribution in [2.45, 2.75) is 12.5 Å². The number of hydrogen-bond donors (Lipinski definition) is 1. The van der Waals surface area contributed by atoms with Crippen LogP contribution in [0.3, 0.4) is 0 Å². The van der Waals surface area contributed by atoms with Gasteiger partial charge in [-0.25, -0.2) is 4.79 Å². The number of nitrogens with one attached hydrogen (secondary N) is 1. The quantitative estimate of drug-likeness (QED) is 0.662. The average Bonchev–Trinajstić information content (AvgIpc) is 2.30. The molecule has 1 atom stereocenters. The minimum Gasteiger partial charge on any atom is -0.307 e. The highest BCUT2D eigenvalue weighted by atomic mass is 35.5. The van der Waals surface area contributed by atoms with Gasteiger partial charge in [0.1, 0.15) is 6.04 Å². The Labute approximate surface area is 110 Å². The summed E-state index contributed by atoms with van der Waals surface area (Å²) in [5, 5.41) is 3.78. The normalized spacial score (nSPS) is 12.2. The van der Waals surface area contributed by atoms with Crippen molar-refractivity contribution in [3.63, 3.8) is 0 Å². The first kappa shape index (κ1) is 14.3. The third-order valence-electron chi connectivity index (χ3n) is 2.22. The van der Waals surface area contributed by atoms with Crippen molar-refractivity contribution in [3.8, 4) is 0 Å². The van der Waals surface area contributed by atoms with Crippen LogP contribution in [-0.4, -0.2) is 26.2 Å². The zero-order chi connectivity index (χ0) is 12.8. The number of rotatable bonds is 5. The van der Waals surface area contributed by atoms with E-state index in [1.54, 1.807) is 25.2 Å². The van der Waals surface area contributed by atoms with E-state index in [1.165, 1.54) is 7.11 Å². The molecular weight excluding hydrogens is 265 g/mol. The monoisotopic (exact) mass is 277 g/mol. The summed E-state index contributed by atoms with van der Waals surface area (Å²) in [4.78, 5) is 20.3. The maximum absolute atomic E-state index is 11.5. The number of halogens is 2. The molecule has 6 heteroatoms. The van der Waals surface area contributed by atoms with E-state index < -0.39 is 12.0 Å². The molecular formula is C11H13Cl2NO3. The highest BCUT2D eigenvalue weighted by Gasteiger charge is 2.19. The van der Waals surface area contributed by atoms with Gasteiger partial charge in [0.2, 0.25) is 0 Å². The summed E-state index contributed by atoms with van der Waals surface area (Å²) in [5.74, 6) is -0.485. The van der Waals surface area contributed by atoms with Crippen molar-refractivity contribution in [1.82, 2.24) is 5.32 Å². The summed E-state index contributed by atoms with van der Waals surface area (Å²) < 4.78 is 0. The first-order valence-electron chi connectivity index (χ1n) is 4.94. The molecule has 0 spiro atoms. The van der Waals surface area contributed by atoms with Crippen LogP contribution in [0.15, 0.2) is 18.2 Å². The average molecular weight is 278 g/mol. The molecule has 1 aromatic rings. The SMILES string of the molecule is CN[C@@H](Cc1ccc(Cl)c(Cl)c1)C(=O)OOC. The second-order valence-electron chi connectivity index (χ2n) is 3.36. The molecule has 0 radical (unpaired) electrons. The molecule has 0 heterocycles. The van der Waals surface area contributed by atoms with Crippen molar-refractivity contribution in [1.29, 1.82) is 0 Å². The lowest BCUT2D eigenvalue weighted by atomic mass is 10.1. The third-order valence-corrected chi connectivity index (χ3v) is 2.96. The fourth-order valence-corrected chi connectivity index (χ4v) is 1.67. The number of carbonyl (C=O) groups excluding carboxylic acids is 1. The lowest BCUT2D eigenvalue weighted by Crippen LogP contribution is -2.37. The Hall–Kier alpha value is -0.810. The predicted octanol–water partition coefficient (Wildman–Crippen LogP) is 2.23. The molecule has 0 aliphatic rings. The highest BCUT2D eigenvalue weighted by molar-refractivity contribution is 6.42. The van der Waals surface area contributed by atoms with Gasteiger partial charge < -0.3 is 5.32 Å². The van der Waals surface area contributed by atoms with Gasteiger partial charge >= 0.3 is 5.97 Å². The summed E-state index contributed by atoms with van der Waals surface area (Å²) in [7, 11) is 2.95.